The Labute approximate surface area is 171 Å². The number of carbonyl (C=O) groups excluding carboxylic acids is 2. The number of methoxy groups -OCH3 is 1. The highest BCUT2D eigenvalue weighted by atomic mass is 16.5. The summed E-state index contributed by atoms with van der Waals surface area (Å²) in [5.74, 6) is 1.33. The highest BCUT2D eigenvalue weighted by molar-refractivity contribution is 5.92. The van der Waals surface area contributed by atoms with Gasteiger partial charge in [0, 0.05) is 18.8 Å². The molecule has 2 aromatic rings. The fraction of sp³-hybridized carbons (Fsp3) is 0.476. The Bertz CT molecular complexity index is 799. The molecule has 0 radical (unpaired) electrons. The SMILES string of the molecule is COc1ccc(NC(=O)N(Cc2nc(C(=O)NCC(C)C)co2)CC(C)C)cc1. The monoisotopic (exact) mass is 402 g/mol. The van der Waals surface area contributed by atoms with Gasteiger partial charge in [0.2, 0.25) is 5.89 Å². The maximum atomic E-state index is 12.8. The van der Waals surface area contributed by atoms with Crippen LogP contribution in [0, 0.1) is 11.8 Å². The first-order valence-electron chi connectivity index (χ1n) is 9.71. The largest absolute Gasteiger partial charge is 0.497 e. The molecular formula is C21H30N4O4. The molecule has 0 aliphatic carbocycles. The molecule has 1 aromatic heterocycles. The predicted molar refractivity (Wildman–Crippen MR) is 111 cm³/mol. The number of ether oxygens (including phenoxy) is 1. The second-order valence-corrected chi connectivity index (χ2v) is 7.66. The van der Waals surface area contributed by atoms with Crippen molar-refractivity contribution in [2.45, 2.75) is 34.2 Å². The molecule has 8 nitrogen and oxygen atoms in total. The number of benzene rings is 1. The van der Waals surface area contributed by atoms with Gasteiger partial charge in [-0.3, -0.25) is 4.79 Å². The van der Waals surface area contributed by atoms with Crippen LogP contribution >= 0.6 is 0 Å². The van der Waals surface area contributed by atoms with Crippen LogP contribution in [-0.4, -0.2) is 42.0 Å². The van der Waals surface area contributed by atoms with Crippen LogP contribution in [0.3, 0.4) is 0 Å². The van der Waals surface area contributed by atoms with Crippen LogP contribution in [0.4, 0.5) is 10.5 Å². The minimum atomic E-state index is -0.285. The van der Waals surface area contributed by atoms with Crippen molar-refractivity contribution >= 4 is 17.6 Å². The van der Waals surface area contributed by atoms with Gasteiger partial charge in [0.05, 0.1) is 13.7 Å². The average Bonchev–Trinajstić information content (AvgIpc) is 3.14. The van der Waals surface area contributed by atoms with Gasteiger partial charge in [-0.15, -0.1) is 0 Å². The number of oxazole rings is 1. The van der Waals surface area contributed by atoms with Crippen molar-refractivity contribution in [3.63, 3.8) is 0 Å². The standard InChI is InChI=1S/C21H30N4O4/c1-14(2)10-22-20(26)18-13-29-19(24-18)12-25(11-15(3)4)21(27)23-16-6-8-17(28-5)9-7-16/h6-9,13-15H,10-12H2,1-5H3,(H,22,26)(H,23,27). The van der Waals surface area contributed by atoms with E-state index in [0.29, 0.717) is 36.3 Å². The highest BCUT2D eigenvalue weighted by Crippen LogP contribution is 2.16. The van der Waals surface area contributed by atoms with E-state index in [2.05, 4.69) is 15.6 Å². The van der Waals surface area contributed by atoms with Gasteiger partial charge in [-0.1, -0.05) is 27.7 Å². The number of hydrogen-bond acceptors (Lipinski definition) is 5. The van der Waals surface area contributed by atoms with Gasteiger partial charge >= 0.3 is 6.03 Å². The molecule has 1 aromatic carbocycles. The zero-order valence-corrected chi connectivity index (χ0v) is 17.7. The van der Waals surface area contributed by atoms with Gasteiger partial charge in [0.25, 0.3) is 5.91 Å². The fourth-order valence-electron chi connectivity index (χ4n) is 2.58. The quantitative estimate of drug-likeness (QED) is 0.666. The summed E-state index contributed by atoms with van der Waals surface area (Å²) >= 11 is 0. The van der Waals surface area contributed by atoms with Gasteiger partial charge in [-0.05, 0) is 36.1 Å². The second kappa shape index (κ2) is 10.5. The molecule has 158 valence electrons. The van der Waals surface area contributed by atoms with E-state index in [1.54, 1.807) is 36.3 Å². The van der Waals surface area contributed by atoms with Gasteiger partial charge in [-0.2, -0.15) is 0 Å². The van der Waals surface area contributed by atoms with Crippen molar-refractivity contribution in [1.29, 1.82) is 0 Å². The number of hydrogen-bond donors (Lipinski definition) is 2. The molecule has 2 rings (SSSR count). The first kappa shape index (κ1) is 22.3. The Morgan fingerprint density at radius 1 is 1.14 bits per heavy atom. The third kappa shape index (κ3) is 7.14. The van der Waals surface area contributed by atoms with E-state index in [0.717, 1.165) is 0 Å². The lowest BCUT2D eigenvalue weighted by Gasteiger charge is -2.23. The first-order chi connectivity index (χ1) is 13.8. The Hall–Kier alpha value is -3.03. The number of anilines is 1. The number of nitrogens with zero attached hydrogens (tertiary/aromatic N) is 2. The molecule has 3 amide bonds. The molecule has 0 bridgehead atoms. The third-order valence-corrected chi connectivity index (χ3v) is 4.00. The topological polar surface area (TPSA) is 96.7 Å². The Morgan fingerprint density at radius 3 is 2.41 bits per heavy atom. The van der Waals surface area contributed by atoms with Crippen LogP contribution in [0.5, 0.6) is 5.75 Å². The van der Waals surface area contributed by atoms with Crippen LogP contribution in [0.25, 0.3) is 0 Å². The number of aromatic nitrogens is 1. The Balaban J connectivity index is 2.04. The predicted octanol–water partition coefficient (Wildman–Crippen LogP) is 3.76. The van der Waals surface area contributed by atoms with Gasteiger partial charge in [-0.25, -0.2) is 9.78 Å². The van der Waals surface area contributed by atoms with Crippen LogP contribution in [-0.2, 0) is 6.54 Å². The van der Waals surface area contributed by atoms with E-state index in [1.807, 2.05) is 27.7 Å². The molecule has 0 unspecified atom stereocenters. The summed E-state index contributed by atoms with van der Waals surface area (Å²) in [7, 11) is 1.59. The molecule has 0 saturated carbocycles. The molecule has 0 spiro atoms. The zero-order chi connectivity index (χ0) is 21.4. The van der Waals surface area contributed by atoms with E-state index in [9.17, 15) is 9.59 Å². The molecule has 8 heteroatoms. The summed E-state index contributed by atoms with van der Waals surface area (Å²) in [5, 5.41) is 5.66. The van der Waals surface area contributed by atoms with Crippen molar-refractivity contribution in [3.05, 3.63) is 42.1 Å². The van der Waals surface area contributed by atoms with E-state index in [1.165, 1.54) is 6.26 Å². The van der Waals surface area contributed by atoms with E-state index >= 15 is 0 Å². The lowest BCUT2D eigenvalue weighted by molar-refractivity contribution is 0.0944. The third-order valence-electron chi connectivity index (χ3n) is 4.00. The highest BCUT2D eigenvalue weighted by Gasteiger charge is 2.20. The van der Waals surface area contributed by atoms with Crippen LogP contribution in [0.2, 0.25) is 0 Å². The lowest BCUT2D eigenvalue weighted by Crippen LogP contribution is -2.37. The molecule has 2 N–H and O–H groups in total. The van der Waals surface area contributed by atoms with Gasteiger partial charge in [0.1, 0.15) is 12.0 Å². The van der Waals surface area contributed by atoms with E-state index < -0.39 is 0 Å². The molecule has 0 aliphatic heterocycles. The summed E-state index contributed by atoms with van der Waals surface area (Å²) in [6.07, 6.45) is 1.32. The minimum absolute atomic E-state index is 0.164. The maximum Gasteiger partial charge on any atom is 0.322 e. The zero-order valence-electron chi connectivity index (χ0n) is 17.7. The first-order valence-corrected chi connectivity index (χ1v) is 9.71. The summed E-state index contributed by atoms with van der Waals surface area (Å²) in [6, 6.07) is 6.82. The molecule has 0 fully saturated rings. The fourth-order valence-corrected chi connectivity index (χ4v) is 2.58. The van der Waals surface area contributed by atoms with Crippen LogP contribution in [0.15, 0.2) is 34.9 Å². The van der Waals surface area contributed by atoms with E-state index in [-0.39, 0.29) is 30.1 Å². The van der Waals surface area contributed by atoms with E-state index in [4.69, 9.17) is 9.15 Å². The summed E-state index contributed by atoms with van der Waals surface area (Å²) in [6.45, 7) is 9.31. The normalized spacial score (nSPS) is 10.9. The number of nitrogens with one attached hydrogen (secondary N) is 2. The molecular weight excluding hydrogens is 372 g/mol. The Kier molecular flexibility index (Phi) is 8.06. The van der Waals surface area contributed by atoms with Crippen molar-refractivity contribution in [1.82, 2.24) is 15.2 Å². The molecule has 1 heterocycles. The minimum Gasteiger partial charge on any atom is -0.497 e. The summed E-state index contributed by atoms with van der Waals surface area (Å²) < 4.78 is 10.6. The van der Waals surface area contributed by atoms with Crippen molar-refractivity contribution in [2.75, 3.05) is 25.5 Å². The maximum absolute atomic E-state index is 12.8. The number of urea groups is 1. The average molecular weight is 402 g/mol. The van der Waals surface area contributed by atoms with Crippen molar-refractivity contribution in [2.24, 2.45) is 11.8 Å². The van der Waals surface area contributed by atoms with Crippen LogP contribution in [0.1, 0.15) is 44.1 Å². The lowest BCUT2D eigenvalue weighted by atomic mass is 10.2. The molecule has 29 heavy (non-hydrogen) atoms. The molecule has 0 saturated heterocycles. The van der Waals surface area contributed by atoms with Gasteiger partial charge < -0.3 is 24.7 Å². The smallest absolute Gasteiger partial charge is 0.322 e. The van der Waals surface area contributed by atoms with Crippen molar-refractivity contribution in [3.8, 4) is 5.75 Å². The second-order valence-electron chi connectivity index (χ2n) is 7.66. The van der Waals surface area contributed by atoms with Crippen molar-refractivity contribution < 1.29 is 18.7 Å². The molecule has 0 atom stereocenters. The van der Waals surface area contributed by atoms with Crippen LogP contribution < -0.4 is 15.4 Å². The summed E-state index contributed by atoms with van der Waals surface area (Å²) in [4.78, 5) is 30.7. The van der Waals surface area contributed by atoms with Gasteiger partial charge in [0.15, 0.2) is 5.69 Å². The molecule has 0 aliphatic rings. The number of rotatable bonds is 9. The number of carbonyl (C=O) groups is 2. The number of amides is 3. The summed E-state index contributed by atoms with van der Waals surface area (Å²) in [5.41, 5.74) is 0.867. The Morgan fingerprint density at radius 2 is 1.83 bits per heavy atom.